The molecule has 0 saturated heterocycles. The smallest absolute Gasteiger partial charge is 0.337 e. The first-order valence-corrected chi connectivity index (χ1v) is 6.89. The summed E-state index contributed by atoms with van der Waals surface area (Å²) in [4.78, 5) is 21.0. The van der Waals surface area contributed by atoms with Crippen molar-refractivity contribution in [1.29, 1.82) is 0 Å². The first-order valence-electron chi connectivity index (χ1n) is 6.89. The molecule has 1 atom stereocenters. The highest BCUT2D eigenvalue weighted by Crippen LogP contribution is 2.17. The Labute approximate surface area is 133 Å². The number of aliphatic carboxylic acids is 1. The number of rotatable bonds is 4. The van der Waals surface area contributed by atoms with Crippen molar-refractivity contribution in [2.24, 2.45) is 0 Å². The van der Waals surface area contributed by atoms with Gasteiger partial charge in [-0.25, -0.2) is 4.79 Å². The number of aromatic hydroxyl groups is 1. The van der Waals surface area contributed by atoms with E-state index < -0.39 is 12.1 Å². The Hall–Kier alpha value is -2.86. The van der Waals surface area contributed by atoms with Gasteiger partial charge in [0.15, 0.2) is 6.10 Å². The molecule has 2 aromatic carbocycles. The number of phenols is 1. The van der Waals surface area contributed by atoms with Crippen LogP contribution in [0.2, 0.25) is 0 Å². The summed E-state index contributed by atoms with van der Waals surface area (Å²) in [6.07, 6.45) is -1.08. The molecule has 23 heavy (non-hydrogen) atoms. The molecule has 0 aromatic heterocycles. The van der Waals surface area contributed by atoms with Crippen LogP contribution in [0.4, 0.5) is 0 Å². The highest BCUT2D eigenvalue weighted by Gasteiger charge is 2.14. The Kier molecular flexibility index (Phi) is 7.29. The second kappa shape index (κ2) is 9.22. The standard InChI is InChI=1S/C9H10O3.C8H8O3/c1-2-9(11)12-8-5-3-4-7(10)6-8;9-7(8(10)11)6-4-2-1-3-5-6/h3-6,10H,2H2,1H3;1-5,7,9H,(H,10,11). The Balaban J connectivity index is 0.000000231. The number of phenolic OH excluding ortho intramolecular Hbond substituents is 1. The van der Waals surface area contributed by atoms with Crippen molar-refractivity contribution in [3.8, 4) is 11.5 Å². The van der Waals surface area contributed by atoms with Crippen molar-refractivity contribution >= 4 is 11.9 Å². The minimum Gasteiger partial charge on any atom is -0.508 e. The minimum atomic E-state index is -1.41. The molecule has 0 saturated carbocycles. The highest BCUT2D eigenvalue weighted by molar-refractivity contribution is 5.73. The molecule has 2 rings (SSSR count). The van der Waals surface area contributed by atoms with E-state index in [9.17, 15) is 9.59 Å². The van der Waals surface area contributed by atoms with E-state index >= 15 is 0 Å². The van der Waals surface area contributed by atoms with Crippen molar-refractivity contribution in [1.82, 2.24) is 0 Å². The summed E-state index contributed by atoms with van der Waals surface area (Å²) in [6, 6.07) is 14.4. The van der Waals surface area contributed by atoms with Gasteiger partial charge in [0.05, 0.1) is 0 Å². The summed E-state index contributed by atoms with van der Waals surface area (Å²) in [5, 5.41) is 26.4. The van der Waals surface area contributed by atoms with Crippen LogP contribution in [0.25, 0.3) is 0 Å². The summed E-state index contributed by atoms with van der Waals surface area (Å²) in [7, 11) is 0. The number of carboxylic acids is 1. The third kappa shape index (κ3) is 6.62. The van der Waals surface area contributed by atoms with Crippen LogP contribution in [0.1, 0.15) is 25.0 Å². The van der Waals surface area contributed by atoms with Crippen LogP contribution in [0.5, 0.6) is 11.5 Å². The van der Waals surface area contributed by atoms with Gasteiger partial charge < -0.3 is 20.1 Å². The quantitative estimate of drug-likeness (QED) is 0.591. The fourth-order valence-electron chi connectivity index (χ4n) is 1.53. The molecule has 3 N–H and O–H groups in total. The van der Waals surface area contributed by atoms with E-state index in [2.05, 4.69) is 0 Å². The number of aliphatic hydroxyl groups is 1. The van der Waals surface area contributed by atoms with E-state index in [-0.39, 0.29) is 11.7 Å². The van der Waals surface area contributed by atoms with Crippen LogP contribution < -0.4 is 4.74 Å². The second-order valence-corrected chi connectivity index (χ2v) is 4.48. The second-order valence-electron chi connectivity index (χ2n) is 4.48. The lowest BCUT2D eigenvalue weighted by Gasteiger charge is -2.03. The molecule has 0 aliphatic carbocycles. The van der Waals surface area contributed by atoms with Crippen molar-refractivity contribution in [2.45, 2.75) is 19.4 Å². The molecule has 2 aromatic rings. The molecular weight excluding hydrogens is 300 g/mol. The molecular formula is C17H18O6. The molecule has 6 heteroatoms. The lowest BCUT2D eigenvalue weighted by molar-refractivity contribution is -0.147. The molecule has 0 radical (unpaired) electrons. The Morgan fingerprint density at radius 2 is 1.74 bits per heavy atom. The van der Waals surface area contributed by atoms with E-state index in [0.717, 1.165) is 0 Å². The van der Waals surface area contributed by atoms with Crippen LogP contribution in [0.3, 0.4) is 0 Å². The van der Waals surface area contributed by atoms with E-state index in [1.807, 2.05) is 0 Å². The summed E-state index contributed by atoms with van der Waals surface area (Å²) in [6.45, 7) is 1.71. The zero-order valence-electron chi connectivity index (χ0n) is 12.5. The van der Waals surface area contributed by atoms with E-state index in [1.165, 1.54) is 12.1 Å². The molecule has 0 amide bonds. The number of esters is 1. The lowest BCUT2D eigenvalue weighted by atomic mass is 10.1. The molecule has 0 aliphatic rings. The van der Waals surface area contributed by atoms with Gasteiger partial charge in [-0.3, -0.25) is 4.79 Å². The van der Waals surface area contributed by atoms with Crippen molar-refractivity contribution in [2.75, 3.05) is 0 Å². The van der Waals surface area contributed by atoms with Gasteiger partial charge in [0.1, 0.15) is 11.5 Å². The maximum absolute atomic E-state index is 10.8. The molecule has 0 aliphatic heterocycles. The summed E-state index contributed by atoms with van der Waals surface area (Å²) >= 11 is 0. The third-order valence-corrected chi connectivity index (χ3v) is 2.69. The van der Waals surface area contributed by atoms with Gasteiger partial charge in [-0.1, -0.05) is 43.3 Å². The topological polar surface area (TPSA) is 104 Å². The molecule has 0 fully saturated rings. The van der Waals surface area contributed by atoms with E-state index in [4.69, 9.17) is 20.1 Å². The molecule has 6 nitrogen and oxygen atoms in total. The van der Waals surface area contributed by atoms with Gasteiger partial charge in [-0.15, -0.1) is 0 Å². The molecule has 0 heterocycles. The third-order valence-electron chi connectivity index (χ3n) is 2.69. The average Bonchev–Trinajstić information content (AvgIpc) is 2.55. The summed E-state index contributed by atoms with van der Waals surface area (Å²) in [5.41, 5.74) is 0.403. The van der Waals surface area contributed by atoms with E-state index in [1.54, 1.807) is 49.4 Å². The Morgan fingerprint density at radius 3 is 2.26 bits per heavy atom. The fraction of sp³-hybridized carbons (Fsp3) is 0.176. The number of hydrogen-bond acceptors (Lipinski definition) is 5. The fourth-order valence-corrected chi connectivity index (χ4v) is 1.53. The number of carbonyl (C=O) groups is 2. The van der Waals surface area contributed by atoms with Gasteiger partial charge in [0.25, 0.3) is 0 Å². The normalized spacial score (nSPS) is 10.9. The van der Waals surface area contributed by atoms with E-state index in [0.29, 0.717) is 17.7 Å². The maximum atomic E-state index is 10.8. The number of benzene rings is 2. The van der Waals surface area contributed by atoms with Crippen molar-refractivity contribution in [3.63, 3.8) is 0 Å². The zero-order chi connectivity index (χ0) is 17.2. The number of carbonyl (C=O) groups excluding carboxylic acids is 1. The molecule has 122 valence electrons. The molecule has 0 bridgehead atoms. The lowest BCUT2D eigenvalue weighted by Crippen LogP contribution is -2.09. The SMILES string of the molecule is CCC(=O)Oc1cccc(O)c1.O=C(O)C(O)c1ccccc1. The van der Waals surface area contributed by atoms with Gasteiger partial charge >= 0.3 is 11.9 Å². The van der Waals surface area contributed by atoms with Gasteiger partial charge in [-0.2, -0.15) is 0 Å². The largest absolute Gasteiger partial charge is 0.508 e. The zero-order valence-corrected chi connectivity index (χ0v) is 12.5. The van der Waals surface area contributed by atoms with Crippen LogP contribution in [-0.2, 0) is 9.59 Å². The van der Waals surface area contributed by atoms with Crippen LogP contribution in [0.15, 0.2) is 54.6 Å². The monoisotopic (exact) mass is 318 g/mol. The van der Waals surface area contributed by atoms with Gasteiger partial charge in [-0.05, 0) is 17.7 Å². The predicted molar refractivity (Wildman–Crippen MR) is 83.1 cm³/mol. The van der Waals surface area contributed by atoms with Gasteiger partial charge in [0, 0.05) is 12.5 Å². The summed E-state index contributed by atoms with van der Waals surface area (Å²) < 4.78 is 4.85. The Morgan fingerprint density at radius 1 is 1.09 bits per heavy atom. The maximum Gasteiger partial charge on any atom is 0.337 e. The van der Waals surface area contributed by atoms with Gasteiger partial charge in [0.2, 0.25) is 0 Å². The van der Waals surface area contributed by atoms with Crippen molar-refractivity contribution in [3.05, 3.63) is 60.2 Å². The first kappa shape index (κ1) is 18.2. The minimum absolute atomic E-state index is 0.0939. The average molecular weight is 318 g/mol. The molecule has 0 spiro atoms. The first-order chi connectivity index (χ1) is 10.9. The predicted octanol–water partition coefficient (Wildman–Crippen LogP) is 2.51. The van der Waals surface area contributed by atoms with Crippen LogP contribution in [-0.4, -0.2) is 27.3 Å². The van der Waals surface area contributed by atoms with Crippen LogP contribution in [0, 0.1) is 0 Å². The number of hydrogen-bond donors (Lipinski definition) is 3. The van der Waals surface area contributed by atoms with Crippen LogP contribution >= 0.6 is 0 Å². The number of ether oxygens (including phenoxy) is 1. The number of carboxylic acid groups (broad SMARTS) is 1. The summed E-state index contributed by atoms with van der Waals surface area (Å²) in [5.74, 6) is -1.06. The molecule has 1 unspecified atom stereocenters. The Bertz CT molecular complexity index is 639. The number of aliphatic hydroxyl groups excluding tert-OH is 1. The van der Waals surface area contributed by atoms with Crippen molar-refractivity contribution < 1.29 is 29.6 Å². The highest BCUT2D eigenvalue weighted by atomic mass is 16.5.